The summed E-state index contributed by atoms with van der Waals surface area (Å²) in [6.07, 6.45) is -2.68. The molecule has 2 aliphatic carbocycles. The number of aliphatic hydroxyl groups is 3. The van der Waals surface area contributed by atoms with Gasteiger partial charge in [0.05, 0.1) is 17.9 Å². The van der Waals surface area contributed by atoms with E-state index < -0.39 is 42.3 Å². The maximum absolute atomic E-state index is 12.3. The second-order valence-electron chi connectivity index (χ2n) is 7.48. The molecule has 138 valence electrons. The first-order chi connectivity index (χ1) is 11.2. The standard InChI is InChI=1S/C17H28O7/c1-8(2)9-3-5-10(6-4-9)17(23)24-12-7-11(16(21)22)13(18)15(20)14(12)19/h8-15,18-20H,3-7H2,1-2H3,(H,21,22)/t9-,10-,11-,12?,13+,14-,15-/m0/s1. The summed E-state index contributed by atoms with van der Waals surface area (Å²) < 4.78 is 5.31. The summed E-state index contributed by atoms with van der Waals surface area (Å²) in [6.45, 7) is 4.33. The number of aliphatic carboxylic acids is 1. The van der Waals surface area contributed by atoms with E-state index in [1.165, 1.54) is 0 Å². The Morgan fingerprint density at radius 1 is 0.958 bits per heavy atom. The lowest BCUT2D eigenvalue weighted by atomic mass is 9.77. The van der Waals surface area contributed by atoms with Crippen LogP contribution in [0.5, 0.6) is 0 Å². The highest BCUT2D eigenvalue weighted by atomic mass is 16.6. The molecule has 7 heteroatoms. The second-order valence-corrected chi connectivity index (χ2v) is 7.48. The molecule has 0 spiro atoms. The zero-order valence-corrected chi connectivity index (χ0v) is 14.2. The summed E-state index contributed by atoms with van der Waals surface area (Å²) in [5.41, 5.74) is 0. The molecule has 0 amide bonds. The van der Waals surface area contributed by atoms with Gasteiger partial charge in [-0.15, -0.1) is 0 Å². The van der Waals surface area contributed by atoms with Gasteiger partial charge in [0.25, 0.3) is 0 Å². The number of rotatable bonds is 4. The van der Waals surface area contributed by atoms with Crippen LogP contribution in [-0.4, -0.2) is 56.8 Å². The zero-order valence-electron chi connectivity index (χ0n) is 14.2. The minimum Gasteiger partial charge on any atom is -0.481 e. The summed E-state index contributed by atoms with van der Waals surface area (Å²) >= 11 is 0. The van der Waals surface area contributed by atoms with Gasteiger partial charge in [-0.1, -0.05) is 13.8 Å². The molecule has 2 saturated carbocycles. The average molecular weight is 344 g/mol. The van der Waals surface area contributed by atoms with Crippen LogP contribution in [0.4, 0.5) is 0 Å². The highest BCUT2D eigenvalue weighted by Crippen LogP contribution is 2.35. The molecule has 0 aromatic carbocycles. The molecule has 2 aliphatic rings. The highest BCUT2D eigenvalue weighted by molar-refractivity contribution is 5.73. The Hall–Kier alpha value is -1.18. The normalized spacial score (nSPS) is 40.3. The molecule has 0 radical (unpaired) electrons. The third kappa shape index (κ3) is 4.07. The summed E-state index contributed by atoms with van der Waals surface area (Å²) in [6, 6.07) is 0. The maximum atomic E-state index is 12.3. The first kappa shape index (κ1) is 19.1. The first-order valence-corrected chi connectivity index (χ1v) is 8.69. The maximum Gasteiger partial charge on any atom is 0.309 e. The van der Waals surface area contributed by atoms with Crippen LogP contribution in [-0.2, 0) is 14.3 Å². The number of esters is 1. The van der Waals surface area contributed by atoms with Gasteiger partial charge in [0.2, 0.25) is 0 Å². The van der Waals surface area contributed by atoms with Crippen molar-refractivity contribution >= 4 is 11.9 Å². The molecule has 0 aromatic rings. The van der Waals surface area contributed by atoms with Crippen LogP contribution in [0, 0.1) is 23.7 Å². The van der Waals surface area contributed by atoms with E-state index in [1.54, 1.807) is 0 Å². The monoisotopic (exact) mass is 344 g/mol. The van der Waals surface area contributed by atoms with Crippen LogP contribution in [0.3, 0.4) is 0 Å². The van der Waals surface area contributed by atoms with E-state index in [9.17, 15) is 24.9 Å². The Bertz CT molecular complexity index is 456. The number of ether oxygens (including phenoxy) is 1. The Balaban J connectivity index is 1.94. The molecule has 7 nitrogen and oxygen atoms in total. The lowest BCUT2D eigenvalue weighted by molar-refractivity contribution is -0.196. The van der Waals surface area contributed by atoms with Gasteiger partial charge < -0.3 is 25.2 Å². The van der Waals surface area contributed by atoms with E-state index in [-0.39, 0.29) is 12.3 Å². The van der Waals surface area contributed by atoms with E-state index in [2.05, 4.69) is 13.8 Å². The van der Waals surface area contributed by atoms with E-state index in [0.717, 1.165) is 25.7 Å². The van der Waals surface area contributed by atoms with Crippen molar-refractivity contribution in [2.24, 2.45) is 23.7 Å². The van der Waals surface area contributed by atoms with E-state index >= 15 is 0 Å². The third-order valence-corrected chi connectivity index (χ3v) is 5.61. The molecule has 0 heterocycles. The number of carboxylic acid groups (broad SMARTS) is 1. The van der Waals surface area contributed by atoms with Crippen molar-refractivity contribution in [3.63, 3.8) is 0 Å². The molecular formula is C17H28O7. The number of carbonyl (C=O) groups is 2. The lowest BCUT2D eigenvalue weighted by Gasteiger charge is -2.39. The number of aliphatic hydroxyl groups excluding tert-OH is 3. The Morgan fingerprint density at radius 3 is 2.04 bits per heavy atom. The molecule has 5 atom stereocenters. The van der Waals surface area contributed by atoms with E-state index in [4.69, 9.17) is 9.84 Å². The first-order valence-electron chi connectivity index (χ1n) is 8.69. The quantitative estimate of drug-likeness (QED) is 0.549. The van der Waals surface area contributed by atoms with Gasteiger partial charge in [0.1, 0.15) is 18.3 Å². The van der Waals surface area contributed by atoms with Crippen LogP contribution in [0.15, 0.2) is 0 Å². The fourth-order valence-electron chi connectivity index (χ4n) is 3.82. The van der Waals surface area contributed by atoms with Crippen LogP contribution in [0.25, 0.3) is 0 Å². The highest BCUT2D eigenvalue weighted by Gasteiger charge is 2.47. The van der Waals surface area contributed by atoms with Gasteiger partial charge in [-0.2, -0.15) is 0 Å². The molecule has 4 N–H and O–H groups in total. The summed E-state index contributed by atoms with van der Waals surface area (Å²) in [5.74, 6) is -2.07. The minimum atomic E-state index is -1.64. The van der Waals surface area contributed by atoms with Crippen LogP contribution in [0.2, 0.25) is 0 Å². The Morgan fingerprint density at radius 2 is 1.54 bits per heavy atom. The Kier molecular flexibility index (Phi) is 6.22. The van der Waals surface area contributed by atoms with Crippen molar-refractivity contribution < 1.29 is 34.8 Å². The van der Waals surface area contributed by atoms with Crippen molar-refractivity contribution in [3.8, 4) is 0 Å². The molecule has 0 aliphatic heterocycles. The van der Waals surface area contributed by atoms with Crippen LogP contribution in [0.1, 0.15) is 46.0 Å². The number of carbonyl (C=O) groups excluding carboxylic acids is 1. The summed E-state index contributed by atoms with van der Waals surface area (Å²) in [4.78, 5) is 23.5. The molecule has 0 saturated heterocycles. The van der Waals surface area contributed by atoms with Gasteiger partial charge in [-0.3, -0.25) is 9.59 Å². The zero-order chi connectivity index (χ0) is 18.0. The molecule has 0 aromatic heterocycles. The van der Waals surface area contributed by atoms with E-state index in [0.29, 0.717) is 11.8 Å². The SMILES string of the molecule is CC(C)[C@H]1CC[C@H](C(=O)OC2C[C@H](C(=O)O)[C@@H](O)[C@H](O)[C@H]2O)CC1. The molecule has 0 bridgehead atoms. The fraction of sp³-hybridized carbons (Fsp3) is 0.882. The topological polar surface area (TPSA) is 124 Å². The average Bonchev–Trinajstić information content (AvgIpc) is 2.55. The largest absolute Gasteiger partial charge is 0.481 e. The molecular weight excluding hydrogens is 316 g/mol. The van der Waals surface area contributed by atoms with Gasteiger partial charge in [0, 0.05) is 6.42 Å². The van der Waals surface area contributed by atoms with Crippen LogP contribution < -0.4 is 0 Å². The molecule has 2 rings (SSSR count). The lowest BCUT2D eigenvalue weighted by Crippen LogP contribution is -2.56. The number of hydrogen-bond donors (Lipinski definition) is 4. The van der Waals surface area contributed by atoms with Gasteiger partial charge in [0.15, 0.2) is 0 Å². The van der Waals surface area contributed by atoms with Crippen LogP contribution >= 0.6 is 0 Å². The van der Waals surface area contributed by atoms with Gasteiger partial charge in [-0.05, 0) is 37.5 Å². The van der Waals surface area contributed by atoms with Gasteiger partial charge in [-0.25, -0.2) is 0 Å². The summed E-state index contributed by atoms with van der Waals surface area (Å²) in [7, 11) is 0. The van der Waals surface area contributed by atoms with Crippen molar-refractivity contribution in [3.05, 3.63) is 0 Å². The van der Waals surface area contributed by atoms with Crippen molar-refractivity contribution in [2.75, 3.05) is 0 Å². The predicted molar refractivity (Wildman–Crippen MR) is 83.9 cm³/mol. The number of hydrogen-bond acceptors (Lipinski definition) is 6. The molecule has 1 unspecified atom stereocenters. The Labute approximate surface area is 141 Å². The third-order valence-electron chi connectivity index (χ3n) is 5.61. The van der Waals surface area contributed by atoms with Crippen molar-refractivity contribution in [1.82, 2.24) is 0 Å². The van der Waals surface area contributed by atoms with E-state index in [1.807, 2.05) is 0 Å². The second kappa shape index (κ2) is 7.80. The van der Waals surface area contributed by atoms with Gasteiger partial charge >= 0.3 is 11.9 Å². The predicted octanol–water partition coefficient (Wildman–Crippen LogP) is 0.548. The number of carboxylic acids is 1. The molecule has 24 heavy (non-hydrogen) atoms. The molecule has 2 fully saturated rings. The summed E-state index contributed by atoms with van der Waals surface area (Å²) in [5, 5.41) is 38.6. The van der Waals surface area contributed by atoms with Crippen molar-refractivity contribution in [2.45, 2.75) is 70.4 Å². The fourth-order valence-corrected chi connectivity index (χ4v) is 3.82. The minimum absolute atomic E-state index is 0.207. The van der Waals surface area contributed by atoms with Crippen molar-refractivity contribution in [1.29, 1.82) is 0 Å². The smallest absolute Gasteiger partial charge is 0.309 e.